The first kappa shape index (κ1) is 23.6. The zero-order valence-electron chi connectivity index (χ0n) is 20.3. The lowest BCUT2D eigenvalue weighted by Gasteiger charge is -2.46. The van der Waals surface area contributed by atoms with Crippen molar-refractivity contribution < 1.29 is 19.0 Å². The summed E-state index contributed by atoms with van der Waals surface area (Å²) in [6.07, 6.45) is 4.22. The normalized spacial score (nSPS) is 24.3. The van der Waals surface area contributed by atoms with Crippen molar-refractivity contribution in [3.8, 4) is 0 Å². The van der Waals surface area contributed by atoms with Gasteiger partial charge in [-0.3, -0.25) is 4.79 Å². The first-order chi connectivity index (χ1) is 17.0. The van der Waals surface area contributed by atoms with Crippen LogP contribution in [0.15, 0.2) is 60.8 Å². The molecule has 2 bridgehead atoms. The van der Waals surface area contributed by atoms with Gasteiger partial charge in [0.25, 0.3) is 0 Å². The maximum absolute atomic E-state index is 13.1. The Hall–Kier alpha value is -3.10. The summed E-state index contributed by atoms with van der Waals surface area (Å²) in [5.74, 6) is 0.335. The summed E-state index contributed by atoms with van der Waals surface area (Å²) >= 11 is 0. The largest absolute Gasteiger partial charge is 0.352 e. The van der Waals surface area contributed by atoms with Crippen LogP contribution in [0.3, 0.4) is 0 Å². The second-order valence-electron chi connectivity index (χ2n) is 10.3. The number of carbonyl (C=O) groups excluding carboxylic acids is 1. The molecule has 2 unspecified atom stereocenters. The van der Waals surface area contributed by atoms with Crippen molar-refractivity contribution in [1.82, 2.24) is 20.3 Å². The van der Waals surface area contributed by atoms with Crippen molar-refractivity contribution in [2.75, 3.05) is 20.1 Å². The number of amides is 1. The van der Waals surface area contributed by atoms with E-state index >= 15 is 0 Å². The van der Waals surface area contributed by atoms with Gasteiger partial charge >= 0.3 is 0 Å². The van der Waals surface area contributed by atoms with Crippen molar-refractivity contribution in [1.29, 1.82) is 0 Å². The van der Waals surface area contributed by atoms with Gasteiger partial charge in [-0.05, 0) is 23.6 Å². The second kappa shape index (κ2) is 10.7. The molecular formula is C27H35FN6O+2. The number of carbonyl (C=O) groups is 1. The molecule has 35 heavy (non-hydrogen) atoms. The van der Waals surface area contributed by atoms with E-state index < -0.39 is 0 Å². The Balaban J connectivity index is 1.11. The van der Waals surface area contributed by atoms with E-state index in [0.29, 0.717) is 18.5 Å². The average molecular weight is 479 g/mol. The molecule has 1 aromatic heterocycles. The van der Waals surface area contributed by atoms with Gasteiger partial charge in [0.05, 0.1) is 38.8 Å². The molecule has 7 nitrogen and oxygen atoms in total. The summed E-state index contributed by atoms with van der Waals surface area (Å²) < 4.78 is 15.1. The lowest BCUT2D eigenvalue weighted by Crippen LogP contribution is -3.20. The molecule has 184 valence electrons. The molecule has 3 N–H and O–H groups in total. The van der Waals surface area contributed by atoms with Gasteiger partial charge in [-0.25, -0.2) is 9.07 Å². The topological polar surface area (TPSA) is 68.7 Å². The van der Waals surface area contributed by atoms with E-state index in [4.69, 9.17) is 0 Å². The third kappa shape index (κ3) is 5.94. The third-order valence-electron chi connectivity index (χ3n) is 7.59. The number of hydrogen-bond acceptors (Lipinski definition) is 3. The van der Waals surface area contributed by atoms with Crippen molar-refractivity contribution in [2.24, 2.45) is 11.8 Å². The van der Waals surface area contributed by atoms with Gasteiger partial charge in [0, 0.05) is 24.9 Å². The quantitative estimate of drug-likeness (QED) is 0.413. The molecule has 0 aliphatic carbocycles. The van der Waals surface area contributed by atoms with Gasteiger partial charge in [0.15, 0.2) is 0 Å². The summed E-state index contributed by atoms with van der Waals surface area (Å²) in [6, 6.07) is 17.3. The average Bonchev–Trinajstić information content (AvgIpc) is 3.30. The van der Waals surface area contributed by atoms with Gasteiger partial charge in [0.2, 0.25) is 5.91 Å². The number of benzene rings is 2. The minimum atomic E-state index is -0.257. The zero-order valence-corrected chi connectivity index (χ0v) is 20.3. The van der Waals surface area contributed by atoms with Crippen molar-refractivity contribution in [3.05, 3.63) is 83.4 Å². The predicted octanol–water partition coefficient (Wildman–Crippen LogP) is 0.242. The Morgan fingerprint density at radius 1 is 1.14 bits per heavy atom. The maximum atomic E-state index is 13.1. The number of piperidine rings is 3. The summed E-state index contributed by atoms with van der Waals surface area (Å²) in [5.41, 5.74) is 3.26. The van der Waals surface area contributed by atoms with Crippen LogP contribution >= 0.6 is 0 Å². The second-order valence-corrected chi connectivity index (χ2v) is 10.3. The number of halogens is 1. The Labute approximate surface area is 205 Å². The number of nitrogens with one attached hydrogen (secondary N) is 3. The predicted molar refractivity (Wildman–Crippen MR) is 130 cm³/mol. The number of quaternary nitrogens is 2. The SMILES string of the molecule is C[NH+](Cc1ccccc1)Cc1cn(C[C@H]2C[C@H]3CC[NH+]2C[C@@H]3C(=O)NCc2ccc(F)cc2)nn1. The molecular weight excluding hydrogens is 443 g/mol. The van der Waals surface area contributed by atoms with Crippen LogP contribution in [0.2, 0.25) is 0 Å². The highest BCUT2D eigenvalue weighted by Crippen LogP contribution is 2.27. The molecule has 0 spiro atoms. The van der Waals surface area contributed by atoms with Crippen LogP contribution < -0.4 is 15.1 Å². The van der Waals surface area contributed by atoms with Gasteiger partial charge in [-0.1, -0.05) is 47.7 Å². The number of aromatic nitrogens is 3. The number of hydrogen-bond donors (Lipinski definition) is 3. The fourth-order valence-corrected chi connectivity index (χ4v) is 5.79. The van der Waals surface area contributed by atoms with E-state index in [1.54, 1.807) is 12.1 Å². The molecule has 3 saturated heterocycles. The van der Waals surface area contributed by atoms with Crippen LogP contribution in [0.4, 0.5) is 4.39 Å². The highest BCUT2D eigenvalue weighted by atomic mass is 19.1. The van der Waals surface area contributed by atoms with E-state index in [9.17, 15) is 9.18 Å². The highest BCUT2D eigenvalue weighted by Gasteiger charge is 2.46. The molecule has 3 aliphatic rings. The monoisotopic (exact) mass is 478 g/mol. The van der Waals surface area contributed by atoms with Crippen molar-refractivity contribution in [2.45, 2.75) is 45.1 Å². The number of fused-ring (bicyclic) bond motifs is 3. The Morgan fingerprint density at radius 2 is 1.94 bits per heavy atom. The van der Waals surface area contributed by atoms with Gasteiger partial charge in [-0.15, -0.1) is 5.10 Å². The fraction of sp³-hybridized carbons (Fsp3) is 0.444. The van der Waals surface area contributed by atoms with E-state index in [0.717, 1.165) is 56.8 Å². The fourth-order valence-electron chi connectivity index (χ4n) is 5.79. The van der Waals surface area contributed by atoms with Crippen LogP contribution in [-0.4, -0.2) is 47.1 Å². The summed E-state index contributed by atoms with van der Waals surface area (Å²) in [7, 11) is 2.18. The van der Waals surface area contributed by atoms with Crippen LogP contribution in [0.25, 0.3) is 0 Å². The number of nitrogens with zero attached hydrogens (tertiary/aromatic N) is 3. The Kier molecular flexibility index (Phi) is 7.20. The summed E-state index contributed by atoms with van der Waals surface area (Å²) in [5, 5.41) is 11.9. The van der Waals surface area contributed by atoms with Gasteiger partial charge < -0.3 is 15.1 Å². The van der Waals surface area contributed by atoms with Crippen LogP contribution in [-0.2, 0) is 31.0 Å². The molecule has 3 aliphatic heterocycles. The van der Waals surface area contributed by atoms with Crippen LogP contribution in [0.5, 0.6) is 0 Å². The third-order valence-corrected chi connectivity index (χ3v) is 7.59. The smallest absolute Gasteiger partial charge is 0.229 e. The molecule has 0 saturated carbocycles. The first-order valence-electron chi connectivity index (χ1n) is 12.6. The molecule has 1 amide bonds. The van der Waals surface area contributed by atoms with Crippen LogP contribution in [0.1, 0.15) is 29.7 Å². The molecule has 8 heteroatoms. The zero-order chi connectivity index (χ0) is 24.2. The molecule has 0 radical (unpaired) electrons. The molecule has 3 fully saturated rings. The Bertz CT molecular complexity index is 1120. The first-order valence-corrected chi connectivity index (χ1v) is 12.6. The minimum absolute atomic E-state index is 0.0528. The van der Waals surface area contributed by atoms with Gasteiger partial charge in [-0.2, -0.15) is 0 Å². The standard InChI is InChI=1S/C27H33FN6O/c1-32(15-21-5-3-2-4-6-21)16-24-17-34(31-30-24)18-25-13-22-11-12-33(25)19-26(22)27(35)29-14-20-7-9-23(28)10-8-20/h2-10,17,22,25-26H,11-16,18-19H2,1H3,(H,29,35)/p+2/t22-,25-,26+/m1/s1. The lowest BCUT2D eigenvalue weighted by atomic mass is 9.75. The molecule has 2 aromatic carbocycles. The molecule has 5 atom stereocenters. The van der Waals surface area contributed by atoms with E-state index in [1.807, 2.05) is 10.7 Å². The maximum Gasteiger partial charge on any atom is 0.229 e. The minimum Gasteiger partial charge on any atom is -0.352 e. The van der Waals surface area contributed by atoms with E-state index in [1.165, 1.54) is 27.5 Å². The van der Waals surface area contributed by atoms with Crippen molar-refractivity contribution >= 4 is 5.91 Å². The Morgan fingerprint density at radius 3 is 2.69 bits per heavy atom. The summed E-state index contributed by atoms with van der Waals surface area (Å²) in [6.45, 7) is 5.08. The molecule has 4 heterocycles. The van der Waals surface area contributed by atoms with E-state index in [2.05, 4.69) is 53.1 Å². The highest BCUT2D eigenvalue weighted by molar-refractivity contribution is 5.79. The van der Waals surface area contributed by atoms with Crippen molar-refractivity contribution in [3.63, 3.8) is 0 Å². The molecule has 3 aromatic rings. The van der Waals surface area contributed by atoms with Crippen LogP contribution in [0, 0.1) is 17.7 Å². The summed E-state index contributed by atoms with van der Waals surface area (Å²) in [4.78, 5) is 15.8. The molecule has 6 rings (SSSR count). The van der Waals surface area contributed by atoms with Gasteiger partial charge in [0.1, 0.15) is 30.6 Å². The van der Waals surface area contributed by atoms with E-state index in [-0.39, 0.29) is 17.6 Å². The lowest BCUT2D eigenvalue weighted by molar-refractivity contribution is -0.945. The number of rotatable bonds is 9.